The van der Waals surface area contributed by atoms with Gasteiger partial charge in [-0.2, -0.15) is 0 Å². The van der Waals surface area contributed by atoms with E-state index in [1.54, 1.807) is 24.3 Å². The first kappa shape index (κ1) is 24.6. The molecule has 1 atom stereocenters. The molecule has 0 aliphatic heterocycles. The van der Waals surface area contributed by atoms with Crippen LogP contribution in [-0.2, 0) is 0 Å². The molecule has 167 valence electrons. The van der Waals surface area contributed by atoms with Crippen LogP contribution in [0.5, 0.6) is 0 Å². The number of carbonyl (C=O) groups excluding carboxylic acids is 2. The highest BCUT2D eigenvalue weighted by Crippen LogP contribution is 2.20. The van der Waals surface area contributed by atoms with Crippen molar-refractivity contribution in [3.8, 4) is 0 Å². The number of hydrogen-bond acceptors (Lipinski definition) is 2. The van der Waals surface area contributed by atoms with Crippen LogP contribution in [0.3, 0.4) is 0 Å². The van der Waals surface area contributed by atoms with E-state index in [-0.39, 0.29) is 17.9 Å². The average Bonchev–Trinajstić information content (AvgIpc) is 2.80. The van der Waals surface area contributed by atoms with Crippen molar-refractivity contribution in [1.82, 2.24) is 10.4 Å². The fourth-order valence-corrected chi connectivity index (χ4v) is 3.68. The second-order valence-corrected chi connectivity index (χ2v) is 8.29. The lowest BCUT2D eigenvalue weighted by molar-refractivity contribution is 0.0432. The van der Waals surface area contributed by atoms with Crippen LogP contribution in [0.15, 0.2) is 54.6 Å². The van der Waals surface area contributed by atoms with Gasteiger partial charge in [-0.15, -0.1) is 5.43 Å². The van der Waals surface area contributed by atoms with Gasteiger partial charge in [-0.25, -0.2) is 5.01 Å². The molecular weight excluding hydrogens is 384 g/mol. The van der Waals surface area contributed by atoms with Gasteiger partial charge in [0.05, 0.1) is 6.04 Å². The number of benzene rings is 2. The maximum atomic E-state index is 13.4. The quantitative estimate of drug-likeness (QED) is 0.282. The zero-order chi connectivity index (χ0) is 22.5. The maximum Gasteiger partial charge on any atom is 0.293 e. The van der Waals surface area contributed by atoms with Gasteiger partial charge in [0.1, 0.15) is 0 Å². The lowest BCUT2D eigenvalue weighted by atomic mass is 10.00. The van der Waals surface area contributed by atoms with E-state index in [4.69, 9.17) is 0 Å². The Morgan fingerprint density at radius 2 is 1.35 bits per heavy atom. The highest BCUT2D eigenvalue weighted by molar-refractivity contribution is 5.99. The van der Waals surface area contributed by atoms with E-state index < -0.39 is 0 Å². The van der Waals surface area contributed by atoms with Gasteiger partial charge in [-0.05, 0) is 44.0 Å². The molecule has 1 radical (unpaired) electrons. The highest BCUT2D eigenvalue weighted by atomic mass is 16.2. The first-order valence-electron chi connectivity index (χ1n) is 11.8. The summed E-state index contributed by atoms with van der Waals surface area (Å²) in [4.78, 5) is 26.4. The van der Waals surface area contributed by atoms with Crippen LogP contribution in [0.2, 0.25) is 0 Å². The zero-order valence-corrected chi connectivity index (χ0v) is 19.3. The largest absolute Gasteiger partial charge is 0.293 e. The third kappa shape index (κ3) is 8.20. The summed E-state index contributed by atoms with van der Waals surface area (Å²) in [5.74, 6) is -0.559. The first-order valence-corrected chi connectivity index (χ1v) is 11.8. The number of aryl methyl sites for hydroxylation is 1. The van der Waals surface area contributed by atoms with E-state index in [2.05, 4.69) is 19.3 Å². The Labute approximate surface area is 188 Å². The van der Waals surface area contributed by atoms with Gasteiger partial charge in [-0.3, -0.25) is 9.59 Å². The summed E-state index contributed by atoms with van der Waals surface area (Å²) < 4.78 is 0. The molecule has 2 aromatic carbocycles. The first-order chi connectivity index (χ1) is 15.1. The highest BCUT2D eigenvalue weighted by Gasteiger charge is 2.28. The Hall–Kier alpha value is -2.62. The van der Waals surface area contributed by atoms with E-state index in [9.17, 15) is 9.59 Å². The summed E-state index contributed by atoms with van der Waals surface area (Å²) in [6.07, 6.45) is 9.53. The molecule has 1 unspecified atom stereocenters. The van der Waals surface area contributed by atoms with Gasteiger partial charge in [-0.1, -0.05) is 94.7 Å². The number of amides is 2. The molecule has 0 aliphatic rings. The minimum Gasteiger partial charge on any atom is -0.267 e. The molecule has 0 saturated carbocycles. The normalized spacial score (nSPS) is 11.7. The molecule has 4 nitrogen and oxygen atoms in total. The lowest BCUT2D eigenvalue weighted by Crippen LogP contribution is -2.47. The Balaban J connectivity index is 2.25. The van der Waals surface area contributed by atoms with Crippen LogP contribution >= 0.6 is 0 Å². The molecule has 0 fully saturated rings. The van der Waals surface area contributed by atoms with Crippen LogP contribution in [-0.4, -0.2) is 22.9 Å². The predicted molar refractivity (Wildman–Crippen MR) is 127 cm³/mol. The Morgan fingerprint density at radius 3 is 1.97 bits per heavy atom. The molecule has 0 heterocycles. The minimum absolute atomic E-state index is 0.0643. The Bertz CT molecular complexity index is 787. The third-order valence-electron chi connectivity index (χ3n) is 5.60. The van der Waals surface area contributed by atoms with Gasteiger partial charge in [0.25, 0.3) is 11.8 Å². The van der Waals surface area contributed by atoms with E-state index in [1.807, 2.05) is 37.3 Å². The summed E-state index contributed by atoms with van der Waals surface area (Å²) in [6.45, 7) is 6.35. The molecular formula is C27H37N2O2. The molecule has 2 rings (SSSR count). The number of unbranched alkanes of at least 4 members (excludes halogenated alkanes) is 5. The number of rotatable bonds is 12. The molecule has 0 bridgehead atoms. The molecule has 2 aromatic rings. The van der Waals surface area contributed by atoms with Crippen molar-refractivity contribution in [2.45, 2.75) is 84.6 Å². The van der Waals surface area contributed by atoms with Crippen molar-refractivity contribution in [3.05, 3.63) is 71.3 Å². The van der Waals surface area contributed by atoms with Crippen molar-refractivity contribution < 1.29 is 9.59 Å². The van der Waals surface area contributed by atoms with Gasteiger partial charge < -0.3 is 0 Å². The molecule has 31 heavy (non-hydrogen) atoms. The van der Waals surface area contributed by atoms with Crippen molar-refractivity contribution in [2.75, 3.05) is 0 Å². The van der Waals surface area contributed by atoms with Crippen molar-refractivity contribution in [1.29, 1.82) is 0 Å². The summed E-state index contributed by atoms with van der Waals surface area (Å²) in [5.41, 5.74) is 6.54. The van der Waals surface area contributed by atoms with Crippen LogP contribution < -0.4 is 5.43 Å². The summed E-state index contributed by atoms with van der Waals surface area (Å²) >= 11 is 0. The molecule has 2 amide bonds. The molecule has 0 N–H and O–H groups in total. The number of nitrogens with zero attached hydrogens (tertiary/aromatic N) is 2. The smallest absolute Gasteiger partial charge is 0.267 e. The monoisotopic (exact) mass is 421 g/mol. The van der Waals surface area contributed by atoms with Crippen LogP contribution in [0, 0.1) is 6.92 Å². The van der Waals surface area contributed by atoms with Crippen molar-refractivity contribution in [2.24, 2.45) is 0 Å². The molecule has 0 spiro atoms. The lowest BCUT2D eigenvalue weighted by Gasteiger charge is -2.30. The SMILES string of the molecule is CCCCCCC(CCCCC)N([N]C(=O)c1ccc(C)cc1)C(=O)c1ccccc1. The standard InChI is InChI=1S/C27H37N2O2/c1-4-6-8-13-17-25(16-10-7-5-2)29(27(31)24-14-11-9-12-15-24)28-26(30)23-20-18-22(3)19-21-23/h9,11-12,14-15,18-21,25H,4-8,10,13,16-17H2,1-3H3. The van der Waals surface area contributed by atoms with E-state index in [0.717, 1.165) is 50.5 Å². The van der Waals surface area contributed by atoms with E-state index >= 15 is 0 Å². The molecule has 4 heteroatoms. The zero-order valence-electron chi connectivity index (χ0n) is 19.3. The predicted octanol–water partition coefficient (Wildman–Crippen LogP) is 6.72. The van der Waals surface area contributed by atoms with Gasteiger partial charge in [0, 0.05) is 11.1 Å². The van der Waals surface area contributed by atoms with Gasteiger partial charge in [0.2, 0.25) is 0 Å². The molecule has 0 aromatic heterocycles. The minimum atomic E-state index is -0.363. The Kier molecular flexibility index (Phi) is 10.8. The van der Waals surface area contributed by atoms with Gasteiger partial charge in [0.15, 0.2) is 0 Å². The van der Waals surface area contributed by atoms with Crippen molar-refractivity contribution >= 4 is 11.8 Å². The number of hydrogen-bond donors (Lipinski definition) is 0. The molecule has 0 saturated heterocycles. The summed E-state index contributed by atoms with van der Waals surface area (Å²) in [5, 5.41) is 1.49. The summed E-state index contributed by atoms with van der Waals surface area (Å²) in [6, 6.07) is 16.5. The van der Waals surface area contributed by atoms with E-state index in [0.29, 0.717) is 11.1 Å². The van der Waals surface area contributed by atoms with Crippen LogP contribution in [0.25, 0.3) is 0 Å². The van der Waals surface area contributed by atoms with Crippen LogP contribution in [0.1, 0.15) is 97.9 Å². The van der Waals surface area contributed by atoms with E-state index in [1.165, 1.54) is 17.9 Å². The second kappa shape index (κ2) is 13.6. The van der Waals surface area contributed by atoms with Gasteiger partial charge >= 0.3 is 0 Å². The maximum absolute atomic E-state index is 13.4. The molecule has 0 aliphatic carbocycles. The second-order valence-electron chi connectivity index (χ2n) is 8.29. The fraction of sp³-hybridized carbons (Fsp3) is 0.481. The topological polar surface area (TPSA) is 51.5 Å². The Morgan fingerprint density at radius 1 is 0.774 bits per heavy atom. The van der Waals surface area contributed by atoms with Crippen molar-refractivity contribution in [3.63, 3.8) is 0 Å². The average molecular weight is 422 g/mol. The third-order valence-corrected chi connectivity index (χ3v) is 5.60. The number of carbonyl (C=O) groups is 2. The summed E-state index contributed by atoms with van der Waals surface area (Å²) in [7, 11) is 0. The fourth-order valence-electron chi connectivity index (χ4n) is 3.68. The van der Waals surface area contributed by atoms with Crippen LogP contribution in [0.4, 0.5) is 0 Å².